The number of ether oxygens (including phenoxy) is 2. The second-order valence-corrected chi connectivity index (χ2v) is 8.60. The van der Waals surface area contributed by atoms with Crippen LogP contribution >= 0.6 is 27.7 Å². The topological polar surface area (TPSA) is 91.2 Å². The van der Waals surface area contributed by atoms with Crippen LogP contribution in [0, 0.1) is 0 Å². The summed E-state index contributed by atoms with van der Waals surface area (Å²) >= 11 is 4.75. The van der Waals surface area contributed by atoms with Crippen LogP contribution in [0.3, 0.4) is 0 Å². The van der Waals surface area contributed by atoms with Gasteiger partial charge in [-0.15, -0.1) is 10.2 Å². The number of amides is 1. The summed E-state index contributed by atoms with van der Waals surface area (Å²) in [6.45, 7) is 0.639. The molecule has 0 saturated carbocycles. The van der Waals surface area contributed by atoms with E-state index in [1.54, 1.807) is 0 Å². The van der Waals surface area contributed by atoms with Crippen LogP contribution in [-0.4, -0.2) is 38.2 Å². The quantitative estimate of drug-likeness (QED) is 0.433. The summed E-state index contributed by atoms with van der Waals surface area (Å²) in [5.74, 6) is 1.52. The number of benzene rings is 2. The molecule has 0 aliphatic carbocycles. The van der Waals surface area contributed by atoms with Crippen molar-refractivity contribution in [2.45, 2.75) is 11.7 Å². The molecule has 30 heavy (non-hydrogen) atoms. The third-order valence-electron chi connectivity index (χ3n) is 4.80. The highest BCUT2D eigenvalue weighted by atomic mass is 79.9. The number of carbonyl (C=O) groups is 1. The highest BCUT2D eigenvalue weighted by Gasteiger charge is 2.15. The molecule has 2 aromatic carbocycles. The van der Waals surface area contributed by atoms with Crippen LogP contribution in [0.25, 0.3) is 22.1 Å². The average Bonchev–Trinajstić information content (AvgIpc) is 3.33. The highest BCUT2D eigenvalue weighted by Crippen LogP contribution is 2.32. The molecular weight excluding hydrogens is 470 g/mol. The minimum Gasteiger partial charge on any atom is -0.454 e. The Labute approximate surface area is 184 Å². The van der Waals surface area contributed by atoms with Gasteiger partial charge >= 0.3 is 0 Å². The maximum Gasteiger partial charge on any atom is 0.231 e. The van der Waals surface area contributed by atoms with Crippen molar-refractivity contribution in [2.24, 2.45) is 7.05 Å². The van der Waals surface area contributed by atoms with Crippen molar-refractivity contribution in [1.82, 2.24) is 25.1 Å². The molecule has 4 aromatic rings. The standard InChI is InChI=1S/C20H16BrN5O3S/c1-26-14-4-3-12(21)7-13(14)18-19(26)23-20(25-24-18)30-9-17(27)22-8-11-2-5-15-16(6-11)29-10-28-15/h2-7H,8-10H2,1H3,(H,22,27). The van der Waals surface area contributed by atoms with Gasteiger partial charge in [0.25, 0.3) is 0 Å². The number of fused-ring (bicyclic) bond motifs is 4. The third kappa shape index (κ3) is 3.56. The average molecular weight is 486 g/mol. The van der Waals surface area contributed by atoms with E-state index in [-0.39, 0.29) is 18.5 Å². The molecular formula is C20H16BrN5O3S. The van der Waals surface area contributed by atoms with Gasteiger partial charge in [-0.05, 0) is 35.9 Å². The van der Waals surface area contributed by atoms with Crippen LogP contribution in [0.15, 0.2) is 46.0 Å². The van der Waals surface area contributed by atoms with Gasteiger partial charge < -0.3 is 19.4 Å². The van der Waals surface area contributed by atoms with Crippen LogP contribution < -0.4 is 14.8 Å². The number of thioether (sulfide) groups is 1. The van der Waals surface area contributed by atoms with Gasteiger partial charge in [-0.1, -0.05) is 33.8 Å². The summed E-state index contributed by atoms with van der Waals surface area (Å²) in [4.78, 5) is 16.9. The zero-order chi connectivity index (χ0) is 20.7. The molecule has 5 rings (SSSR count). The summed E-state index contributed by atoms with van der Waals surface area (Å²) in [7, 11) is 1.94. The maximum atomic E-state index is 12.3. The largest absolute Gasteiger partial charge is 0.454 e. The SMILES string of the molecule is Cn1c2ccc(Br)cc2c2nnc(SCC(=O)NCc3ccc4c(c3)OCO4)nc21. The van der Waals surface area contributed by atoms with Crippen molar-refractivity contribution in [3.05, 3.63) is 46.4 Å². The van der Waals surface area contributed by atoms with E-state index < -0.39 is 0 Å². The molecule has 0 fully saturated rings. The first kappa shape index (κ1) is 19.1. The van der Waals surface area contributed by atoms with E-state index in [2.05, 4.69) is 36.4 Å². The van der Waals surface area contributed by atoms with Crippen LogP contribution in [0.2, 0.25) is 0 Å². The number of rotatable bonds is 5. The molecule has 0 radical (unpaired) electrons. The van der Waals surface area contributed by atoms with Gasteiger partial charge in [0.15, 0.2) is 17.1 Å². The first-order valence-electron chi connectivity index (χ1n) is 9.15. The molecule has 0 bridgehead atoms. The van der Waals surface area contributed by atoms with Gasteiger partial charge in [0.1, 0.15) is 5.52 Å². The fraction of sp³-hybridized carbons (Fsp3) is 0.200. The minimum atomic E-state index is -0.109. The van der Waals surface area contributed by atoms with Crippen LogP contribution in [0.5, 0.6) is 11.5 Å². The lowest BCUT2D eigenvalue weighted by Gasteiger charge is -2.06. The lowest BCUT2D eigenvalue weighted by Crippen LogP contribution is -2.24. The molecule has 1 aliphatic rings. The highest BCUT2D eigenvalue weighted by molar-refractivity contribution is 9.10. The molecule has 152 valence electrons. The summed E-state index contributed by atoms with van der Waals surface area (Å²) in [6.07, 6.45) is 0. The smallest absolute Gasteiger partial charge is 0.231 e. The monoisotopic (exact) mass is 485 g/mol. The Bertz CT molecular complexity index is 1290. The van der Waals surface area contributed by atoms with Gasteiger partial charge in [0.2, 0.25) is 17.9 Å². The van der Waals surface area contributed by atoms with Gasteiger partial charge in [0.05, 0.1) is 11.3 Å². The van der Waals surface area contributed by atoms with Crippen LogP contribution in [-0.2, 0) is 18.4 Å². The summed E-state index contributed by atoms with van der Waals surface area (Å²) in [5, 5.41) is 12.9. The van der Waals surface area contributed by atoms with Crippen molar-refractivity contribution < 1.29 is 14.3 Å². The number of aromatic nitrogens is 4. The Morgan fingerprint density at radius 3 is 2.97 bits per heavy atom. The Morgan fingerprint density at radius 1 is 1.20 bits per heavy atom. The molecule has 3 heterocycles. The van der Waals surface area contributed by atoms with Crippen molar-refractivity contribution in [3.8, 4) is 11.5 Å². The van der Waals surface area contributed by atoms with E-state index >= 15 is 0 Å². The van der Waals surface area contributed by atoms with Gasteiger partial charge in [-0.2, -0.15) is 0 Å². The number of nitrogens with one attached hydrogen (secondary N) is 1. The summed E-state index contributed by atoms with van der Waals surface area (Å²) < 4.78 is 13.6. The van der Waals surface area contributed by atoms with E-state index in [0.29, 0.717) is 17.5 Å². The number of nitrogens with zero attached hydrogens (tertiary/aromatic N) is 4. The van der Waals surface area contributed by atoms with Crippen molar-refractivity contribution in [3.63, 3.8) is 0 Å². The molecule has 1 aliphatic heterocycles. The number of carbonyl (C=O) groups excluding carboxylic acids is 1. The third-order valence-corrected chi connectivity index (χ3v) is 6.13. The van der Waals surface area contributed by atoms with E-state index in [9.17, 15) is 4.79 Å². The fourth-order valence-electron chi connectivity index (χ4n) is 3.31. The molecule has 0 saturated heterocycles. The first-order valence-corrected chi connectivity index (χ1v) is 10.9. The maximum absolute atomic E-state index is 12.3. The molecule has 0 atom stereocenters. The molecule has 1 N–H and O–H groups in total. The number of halogens is 1. The summed E-state index contributed by atoms with van der Waals surface area (Å²) in [6, 6.07) is 11.6. The van der Waals surface area contributed by atoms with Crippen LogP contribution in [0.1, 0.15) is 5.56 Å². The Hall–Kier alpha value is -2.85. The molecule has 0 unspecified atom stereocenters. The van der Waals surface area contributed by atoms with Gasteiger partial charge in [-0.25, -0.2) is 4.98 Å². The van der Waals surface area contributed by atoms with Gasteiger partial charge in [-0.3, -0.25) is 4.79 Å². The van der Waals surface area contributed by atoms with Gasteiger partial charge in [0, 0.05) is 23.5 Å². The molecule has 2 aromatic heterocycles. The lowest BCUT2D eigenvalue weighted by molar-refractivity contribution is -0.118. The second kappa shape index (κ2) is 7.77. The van der Waals surface area contributed by atoms with Crippen molar-refractivity contribution in [2.75, 3.05) is 12.5 Å². The first-order chi connectivity index (χ1) is 14.6. The molecule has 8 nitrogen and oxygen atoms in total. The Morgan fingerprint density at radius 2 is 2.07 bits per heavy atom. The second-order valence-electron chi connectivity index (χ2n) is 6.74. The van der Waals surface area contributed by atoms with E-state index in [1.165, 1.54) is 11.8 Å². The molecule has 10 heteroatoms. The fourth-order valence-corrected chi connectivity index (χ4v) is 4.28. The van der Waals surface area contributed by atoms with Crippen molar-refractivity contribution in [1.29, 1.82) is 0 Å². The zero-order valence-corrected chi connectivity index (χ0v) is 18.3. The number of hydrogen-bond acceptors (Lipinski definition) is 7. The van der Waals surface area contributed by atoms with Crippen LogP contribution in [0.4, 0.5) is 0 Å². The summed E-state index contributed by atoms with van der Waals surface area (Å²) in [5.41, 5.74) is 3.45. The molecule has 1 amide bonds. The predicted molar refractivity (Wildman–Crippen MR) is 117 cm³/mol. The predicted octanol–water partition coefficient (Wildman–Crippen LogP) is 3.42. The van der Waals surface area contributed by atoms with E-state index in [1.807, 2.05) is 48.0 Å². The normalized spacial score (nSPS) is 12.6. The number of hydrogen-bond donors (Lipinski definition) is 1. The molecule has 0 spiro atoms. The van der Waals surface area contributed by atoms with Crippen molar-refractivity contribution >= 4 is 55.7 Å². The van der Waals surface area contributed by atoms with E-state index in [0.717, 1.165) is 37.9 Å². The van der Waals surface area contributed by atoms with E-state index in [4.69, 9.17) is 9.47 Å². The Kier molecular flexibility index (Phi) is 4.95. The number of aryl methyl sites for hydroxylation is 1. The Balaban J connectivity index is 1.25. The zero-order valence-electron chi connectivity index (χ0n) is 15.9. The lowest BCUT2D eigenvalue weighted by atomic mass is 10.2. The minimum absolute atomic E-state index is 0.109.